The average molecular weight is 180 g/mol. The minimum absolute atomic E-state index is 0.334. The van der Waals surface area contributed by atoms with Gasteiger partial charge in [-0.2, -0.15) is 0 Å². The van der Waals surface area contributed by atoms with E-state index >= 15 is 0 Å². The quantitative estimate of drug-likeness (QED) is 0.490. The Bertz CT molecular complexity index is 226. The second kappa shape index (κ2) is 2.93. The highest BCUT2D eigenvalue weighted by Crippen LogP contribution is 2.58. The van der Waals surface area contributed by atoms with E-state index in [-0.39, 0.29) is 0 Å². The molecule has 2 rings (SSSR count). The molecule has 0 aromatic carbocycles. The molecule has 2 fully saturated rings. The van der Waals surface area contributed by atoms with Crippen LogP contribution in [-0.4, -0.2) is 12.6 Å². The van der Waals surface area contributed by atoms with Gasteiger partial charge in [0.05, 0.1) is 5.41 Å². The molecule has 2 aliphatic carbocycles. The van der Waals surface area contributed by atoms with Crippen molar-refractivity contribution in [2.75, 3.05) is 0 Å². The fraction of sp³-hybridized carbons (Fsp3) is 0.818. The summed E-state index contributed by atoms with van der Waals surface area (Å²) in [4.78, 5) is 22.2. The maximum absolute atomic E-state index is 11.1. The van der Waals surface area contributed by atoms with Crippen LogP contribution in [0.1, 0.15) is 32.6 Å². The number of carbonyl (C=O) groups is 2. The smallest absolute Gasteiger partial charge is 0.133 e. The van der Waals surface area contributed by atoms with Crippen LogP contribution in [0.5, 0.6) is 0 Å². The normalized spacial score (nSPS) is 40.5. The van der Waals surface area contributed by atoms with Crippen molar-refractivity contribution in [2.45, 2.75) is 32.6 Å². The molecule has 0 aliphatic heterocycles. The molecule has 3 atom stereocenters. The second-order valence-corrected chi connectivity index (χ2v) is 4.52. The van der Waals surface area contributed by atoms with Crippen LogP contribution in [0, 0.1) is 23.2 Å². The van der Waals surface area contributed by atoms with Crippen LogP contribution in [0.4, 0.5) is 0 Å². The number of rotatable bonds is 3. The molecule has 0 aromatic rings. The third kappa shape index (κ3) is 0.946. The molecule has 0 aromatic heterocycles. The molecule has 72 valence electrons. The largest absolute Gasteiger partial charge is 0.302 e. The standard InChI is InChI=1S/C11H16O2/c1-2-10-8-3-4-9(5-8)11(10,6-12)7-13/h6-10H,2-5H2,1H3. The predicted octanol–water partition coefficient (Wildman–Crippen LogP) is 1.83. The van der Waals surface area contributed by atoms with Gasteiger partial charge in [0.15, 0.2) is 0 Å². The third-order valence-electron chi connectivity index (χ3n) is 4.24. The highest BCUT2D eigenvalue weighted by molar-refractivity contribution is 5.85. The lowest BCUT2D eigenvalue weighted by atomic mass is 9.67. The van der Waals surface area contributed by atoms with Crippen molar-refractivity contribution in [3.63, 3.8) is 0 Å². The zero-order valence-corrected chi connectivity index (χ0v) is 8.03. The van der Waals surface area contributed by atoms with Gasteiger partial charge in [-0.25, -0.2) is 0 Å². The summed E-state index contributed by atoms with van der Waals surface area (Å²) in [5.41, 5.74) is -0.600. The van der Waals surface area contributed by atoms with E-state index in [4.69, 9.17) is 0 Å². The molecule has 0 N–H and O–H groups in total. The summed E-state index contributed by atoms with van der Waals surface area (Å²) in [6.45, 7) is 2.09. The predicted molar refractivity (Wildman–Crippen MR) is 49.2 cm³/mol. The fourth-order valence-electron chi connectivity index (χ4n) is 3.63. The Labute approximate surface area is 78.7 Å². The summed E-state index contributed by atoms with van der Waals surface area (Å²) < 4.78 is 0. The van der Waals surface area contributed by atoms with E-state index in [0.29, 0.717) is 17.8 Å². The summed E-state index contributed by atoms with van der Waals surface area (Å²) >= 11 is 0. The van der Waals surface area contributed by atoms with Crippen molar-refractivity contribution >= 4 is 12.6 Å². The Morgan fingerprint density at radius 3 is 2.46 bits per heavy atom. The molecule has 0 saturated heterocycles. The van der Waals surface area contributed by atoms with Gasteiger partial charge in [0.25, 0.3) is 0 Å². The first-order valence-electron chi connectivity index (χ1n) is 5.21. The molecule has 2 saturated carbocycles. The van der Waals surface area contributed by atoms with Crippen LogP contribution in [0.25, 0.3) is 0 Å². The van der Waals surface area contributed by atoms with Crippen molar-refractivity contribution in [1.29, 1.82) is 0 Å². The molecule has 3 unspecified atom stereocenters. The van der Waals surface area contributed by atoms with Crippen molar-refractivity contribution in [1.82, 2.24) is 0 Å². The second-order valence-electron chi connectivity index (χ2n) is 4.52. The van der Waals surface area contributed by atoms with Crippen LogP contribution in [0.3, 0.4) is 0 Å². The van der Waals surface area contributed by atoms with Gasteiger partial charge >= 0.3 is 0 Å². The van der Waals surface area contributed by atoms with Crippen LogP contribution in [0.2, 0.25) is 0 Å². The minimum Gasteiger partial charge on any atom is -0.302 e. The SMILES string of the molecule is CCC1C2CCC(C2)C1(C=O)C=O. The summed E-state index contributed by atoms with van der Waals surface area (Å²) in [6.07, 6.45) is 6.25. The van der Waals surface area contributed by atoms with E-state index in [1.165, 1.54) is 6.42 Å². The van der Waals surface area contributed by atoms with Gasteiger partial charge in [0.1, 0.15) is 12.6 Å². The highest BCUT2D eigenvalue weighted by Gasteiger charge is 2.57. The Morgan fingerprint density at radius 2 is 2.00 bits per heavy atom. The first kappa shape index (κ1) is 8.92. The lowest BCUT2D eigenvalue weighted by Gasteiger charge is -2.34. The first-order valence-corrected chi connectivity index (χ1v) is 5.21. The summed E-state index contributed by atoms with van der Waals surface area (Å²) in [6, 6.07) is 0. The topological polar surface area (TPSA) is 34.1 Å². The molecule has 0 amide bonds. The molecule has 13 heavy (non-hydrogen) atoms. The average Bonchev–Trinajstić information content (AvgIpc) is 2.74. The van der Waals surface area contributed by atoms with Crippen molar-refractivity contribution < 1.29 is 9.59 Å². The van der Waals surface area contributed by atoms with Gasteiger partial charge in [0, 0.05) is 0 Å². The van der Waals surface area contributed by atoms with Gasteiger partial charge in [-0.05, 0) is 37.0 Å². The zero-order valence-electron chi connectivity index (χ0n) is 8.03. The Balaban J connectivity index is 2.34. The Morgan fingerprint density at radius 1 is 1.31 bits per heavy atom. The van der Waals surface area contributed by atoms with Crippen molar-refractivity contribution in [2.24, 2.45) is 23.2 Å². The number of carbonyl (C=O) groups excluding carboxylic acids is 2. The van der Waals surface area contributed by atoms with Crippen LogP contribution >= 0.6 is 0 Å². The summed E-state index contributed by atoms with van der Waals surface area (Å²) in [5, 5.41) is 0. The maximum atomic E-state index is 11.1. The monoisotopic (exact) mass is 180 g/mol. The number of fused-ring (bicyclic) bond motifs is 2. The number of hydrogen-bond acceptors (Lipinski definition) is 2. The van der Waals surface area contributed by atoms with E-state index in [0.717, 1.165) is 31.8 Å². The molecular weight excluding hydrogens is 164 g/mol. The molecule has 2 aliphatic rings. The van der Waals surface area contributed by atoms with Gasteiger partial charge in [-0.1, -0.05) is 13.3 Å². The lowest BCUT2D eigenvalue weighted by molar-refractivity contribution is -0.133. The molecule has 2 nitrogen and oxygen atoms in total. The maximum Gasteiger partial charge on any atom is 0.133 e. The first-order chi connectivity index (χ1) is 6.28. The van der Waals surface area contributed by atoms with E-state index in [1.54, 1.807) is 0 Å². The van der Waals surface area contributed by atoms with Crippen LogP contribution in [-0.2, 0) is 9.59 Å². The van der Waals surface area contributed by atoms with Crippen LogP contribution < -0.4 is 0 Å². The third-order valence-corrected chi connectivity index (χ3v) is 4.24. The van der Waals surface area contributed by atoms with E-state index < -0.39 is 5.41 Å². The highest BCUT2D eigenvalue weighted by atomic mass is 16.1. The Hall–Kier alpha value is -0.660. The number of aldehydes is 2. The van der Waals surface area contributed by atoms with E-state index in [9.17, 15) is 9.59 Å². The van der Waals surface area contributed by atoms with Crippen molar-refractivity contribution in [3.05, 3.63) is 0 Å². The molecule has 0 heterocycles. The van der Waals surface area contributed by atoms with Gasteiger partial charge in [-0.15, -0.1) is 0 Å². The van der Waals surface area contributed by atoms with E-state index in [1.807, 2.05) is 0 Å². The Kier molecular flexibility index (Phi) is 2.01. The fourth-order valence-corrected chi connectivity index (χ4v) is 3.63. The molecule has 0 radical (unpaired) electrons. The number of hydrogen-bond donors (Lipinski definition) is 0. The van der Waals surface area contributed by atoms with Gasteiger partial charge in [-0.3, -0.25) is 0 Å². The summed E-state index contributed by atoms with van der Waals surface area (Å²) in [7, 11) is 0. The summed E-state index contributed by atoms with van der Waals surface area (Å²) in [5.74, 6) is 1.34. The molecule has 2 bridgehead atoms. The molecule has 2 heteroatoms. The molecule has 0 spiro atoms. The van der Waals surface area contributed by atoms with Gasteiger partial charge in [0.2, 0.25) is 0 Å². The van der Waals surface area contributed by atoms with Crippen molar-refractivity contribution in [3.8, 4) is 0 Å². The van der Waals surface area contributed by atoms with E-state index in [2.05, 4.69) is 6.92 Å². The zero-order chi connectivity index (χ0) is 9.47. The lowest BCUT2D eigenvalue weighted by Crippen LogP contribution is -2.39. The minimum atomic E-state index is -0.600. The molecular formula is C11H16O2. The van der Waals surface area contributed by atoms with Crippen LogP contribution in [0.15, 0.2) is 0 Å². The van der Waals surface area contributed by atoms with Gasteiger partial charge < -0.3 is 9.59 Å².